The fourth-order valence-electron chi connectivity index (χ4n) is 2.49. The number of hydrogen-bond acceptors (Lipinski definition) is 5. The van der Waals surface area contributed by atoms with Crippen molar-refractivity contribution in [1.82, 2.24) is 9.80 Å². The average molecular weight is 254 g/mol. The molecule has 2 aliphatic rings. The van der Waals surface area contributed by atoms with Gasteiger partial charge in [0, 0.05) is 18.0 Å². The molecule has 94 valence electrons. The lowest BCUT2D eigenvalue weighted by Crippen LogP contribution is -2.24. The minimum Gasteiger partial charge on any atom is -0.345 e. The zero-order chi connectivity index (χ0) is 11.8. The molecule has 2 aliphatic heterocycles. The molecule has 0 N–H and O–H groups in total. The lowest BCUT2D eigenvalue weighted by molar-refractivity contribution is -0.0413. The molecule has 3 rings (SSSR count). The highest BCUT2D eigenvalue weighted by Gasteiger charge is 2.30. The van der Waals surface area contributed by atoms with E-state index < -0.39 is 0 Å². The molecule has 0 spiro atoms. The number of nitrogens with zero attached hydrogens (tertiary/aromatic N) is 2. The average Bonchev–Trinajstić information content (AvgIpc) is 2.98. The summed E-state index contributed by atoms with van der Waals surface area (Å²) < 4.78 is 11.1. The van der Waals surface area contributed by atoms with Crippen molar-refractivity contribution >= 4 is 11.3 Å². The number of likely N-dealkylation sites (N-methyl/N-ethyl adjacent to an activating group) is 2. The van der Waals surface area contributed by atoms with Crippen molar-refractivity contribution in [1.29, 1.82) is 0 Å². The van der Waals surface area contributed by atoms with E-state index in [2.05, 4.69) is 36.0 Å². The molecule has 1 aromatic rings. The largest absolute Gasteiger partial charge is 0.345 e. The standard InChI is InChI=1S/C12H18N2O2S/c1-13-5-6-14(2)11(13)9-3-4-10(17-9)12-15-7-8-16-12/h3-4,11-12H,5-8H2,1-2H3. The third-order valence-electron chi connectivity index (χ3n) is 3.40. The van der Waals surface area contributed by atoms with Crippen LogP contribution in [0.15, 0.2) is 12.1 Å². The number of hydrogen-bond donors (Lipinski definition) is 0. The first-order valence-electron chi connectivity index (χ1n) is 5.99. The van der Waals surface area contributed by atoms with E-state index in [4.69, 9.17) is 9.47 Å². The summed E-state index contributed by atoms with van der Waals surface area (Å²) >= 11 is 1.80. The van der Waals surface area contributed by atoms with Crippen LogP contribution in [0.1, 0.15) is 22.2 Å². The zero-order valence-electron chi connectivity index (χ0n) is 10.3. The van der Waals surface area contributed by atoms with Crippen LogP contribution in [0.5, 0.6) is 0 Å². The highest BCUT2D eigenvalue weighted by atomic mass is 32.1. The molecule has 0 amide bonds. The van der Waals surface area contributed by atoms with Gasteiger partial charge < -0.3 is 9.47 Å². The van der Waals surface area contributed by atoms with Gasteiger partial charge in [-0.25, -0.2) is 0 Å². The van der Waals surface area contributed by atoms with Crippen molar-refractivity contribution < 1.29 is 9.47 Å². The Morgan fingerprint density at radius 2 is 1.65 bits per heavy atom. The molecule has 4 nitrogen and oxygen atoms in total. The summed E-state index contributed by atoms with van der Waals surface area (Å²) in [5.41, 5.74) is 0. The monoisotopic (exact) mass is 254 g/mol. The van der Waals surface area contributed by atoms with Gasteiger partial charge in [0.25, 0.3) is 0 Å². The second kappa shape index (κ2) is 4.66. The van der Waals surface area contributed by atoms with Crippen LogP contribution >= 0.6 is 11.3 Å². The molecule has 2 saturated heterocycles. The molecule has 0 saturated carbocycles. The molecule has 0 bridgehead atoms. The molecule has 1 aromatic heterocycles. The van der Waals surface area contributed by atoms with Gasteiger partial charge in [-0.05, 0) is 26.2 Å². The summed E-state index contributed by atoms with van der Waals surface area (Å²) in [7, 11) is 4.35. The first kappa shape index (κ1) is 11.6. The van der Waals surface area contributed by atoms with Crippen LogP contribution in [0, 0.1) is 0 Å². The Morgan fingerprint density at radius 1 is 1.06 bits per heavy atom. The lowest BCUT2D eigenvalue weighted by Gasteiger charge is -2.23. The van der Waals surface area contributed by atoms with Crippen molar-refractivity contribution in [3.05, 3.63) is 21.9 Å². The number of ether oxygens (including phenoxy) is 2. The maximum absolute atomic E-state index is 5.53. The van der Waals surface area contributed by atoms with Crippen molar-refractivity contribution in [2.75, 3.05) is 40.4 Å². The van der Waals surface area contributed by atoms with Crippen LogP contribution in [0.3, 0.4) is 0 Å². The molecule has 2 fully saturated rings. The van der Waals surface area contributed by atoms with Crippen LogP contribution < -0.4 is 0 Å². The third-order valence-corrected chi connectivity index (χ3v) is 4.54. The Morgan fingerprint density at radius 3 is 2.29 bits per heavy atom. The van der Waals surface area contributed by atoms with E-state index >= 15 is 0 Å². The molecule has 3 heterocycles. The molecule has 0 aromatic carbocycles. The maximum Gasteiger partial charge on any atom is 0.193 e. The minimum absolute atomic E-state index is 0.134. The van der Waals surface area contributed by atoms with Gasteiger partial charge in [0.15, 0.2) is 6.29 Å². The maximum atomic E-state index is 5.53. The minimum atomic E-state index is -0.134. The van der Waals surface area contributed by atoms with E-state index in [0.717, 1.165) is 13.1 Å². The zero-order valence-corrected chi connectivity index (χ0v) is 11.1. The van der Waals surface area contributed by atoms with Crippen LogP contribution in [0.2, 0.25) is 0 Å². The van der Waals surface area contributed by atoms with E-state index in [9.17, 15) is 0 Å². The highest BCUT2D eigenvalue weighted by molar-refractivity contribution is 7.12. The summed E-state index contributed by atoms with van der Waals surface area (Å²) in [6.07, 6.45) is 0.279. The Balaban J connectivity index is 1.79. The Labute approximate surface area is 106 Å². The van der Waals surface area contributed by atoms with E-state index in [1.165, 1.54) is 9.75 Å². The van der Waals surface area contributed by atoms with E-state index in [1.807, 2.05) is 0 Å². The van der Waals surface area contributed by atoms with Crippen LogP contribution in [0.4, 0.5) is 0 Å². The fourth-order valence-corrected chi connectivity index (χ4v) is 3.73. The van der Waals surface area contributed by atoms with Crippen LogP contribution in [0.25, 0.3) is 0 Å². The van der Waals surface area contributed by atoms with Gasteiger partial charge >= 0.3 is 0 Å². The van der Waals surface area contributed by atoms with Crippen molar-refractivity contribution in [2.24, 2.45) is 0 Å². The smallest absolute Gasteiger partial charge is 0.193 e. The van der Waals surface area contributed by atoms with Gasteiger partial charge in [-0.15, -0.1) is 11.3 Å². The summed E-state index contributed by atoms with van der Waals surface area (Å²) in [6.45, 7) is 3.68. The normalized spacial score (nSPS) is 25.1. The van der Waals surface area contributed by atoms with Gasteiger partial charge in [0.05, 0.1) is 24.3 Å². The second-order valence-electron chi connectivity index (χ2n) is 4.65. The summed E-state index contributed by atoms with van der Waals surface area (Å²) in [4.78, 5) is 7.32. The fraction of sp³-hybridized carbons (Fsp3) is 0.667. The highest BCUT2D eigenvalue weighted by Crippen LogP contribution is 2.36. The van der Waals surface area contributed by atoms with Gasteiger partial charge in [-0.2, -0.15) is 0 Å². The van der Waals surface area contributed by atoms with Crippen LogP contribution in [-0.4, -0.2) is 50.2 Å². The van der Waals surface area contributed by atoms with E-state index in [1.54, 1.807) is 11.3 Å². The number of rotatable bonds is 2. The Kier molecular flexibility index (Phi) is 3.19. The molecule has 0 radical (unpaired) electrons. The molecule has 0 unspecified atom stereocenters. The first-order valence-corrected chi connectivity index (χ1v) is 6.80. The Hall–Kier alpha value is -0.460. The van der Waals surface area contributed by atoms with Gasteiger partial charge in [-0.1, -0.05) is 0 Å². The van der Waals surface area contributed by atoms with Gasteiger partial charge in [-0.3, -0.25) is 9.80 Å². The topological polar surface area (TPSA) is 24.9 Å². The molecule has 5 heteroatoms. The molecule has 17 heavy (non-hydrogen) atoms. The van der Waals surface area contributed by atoms with Crippen molar-refractivity contribution in [3.63, 3.8) is 0 Å². The molecule has 0 aliphatic carbocycles. The van der Waals surface area contributed by atoms with Crippen LogP contribution in [-0.2, 0) is 9.47 Å². The quantitative estimate of drug-likeness (QED) is 0.801. The lowest BCUT2D eigenvalue weighted by atomic mass is 10.3. The SMILES string of the molecule is CN1CCN(C)C1c1ccc(C2OCCO2)s1. The van der Waals surface area contributed by atoms with Gasteiger partial charge in [0.2, 0.25) is 0 Å². The van der Waals surface area contributed by atoms with E-state index in [-0.39, 0.29) is 6.29 Å². The van der Waals surface area contributed by atoms with Gasteiger partial charge in [0.1, 0.15) is 0 Å². The first-order chi connectivity index (χ1) is 8.25. The summed E-state index contributed by atoms with van der Waals surface area (Å²) in [5, 5.41) is 0. The molecular weight excluding hydrogens is 236 g/mol. The predicted octanol–water partition coefficient (Wildman–Crippen LogP) is 1.67. The Bertz CT molecular complexity index is 380. The second-order valence-corrected chi connectivity index (χ2v) is 5.80. The molecule has 0 atom stereocenters. The summed E-state index contributed by atoms with van der Waals surface area (Å²) in [5.74, 6) is 0. The predicted molar refractivity (Wildman–Crippen MR) is 67.0 cm³/mol. The van der Waals surface area contributed by atoms with Crippen molar-refractivity contribution in [2.45, 2.75) is 12.5 Å². The third kappa shape index (κ3) is 2.13. The van der Waals surface area contributed by atoms with E-state index in [0.29, 0.717) is 19.4 Å². The molecular formula is C12H18N2O2S. The van der Waals surface area contributed by atoms with Crippen molar-refractivity contribution in [3.8, 4) is 0 Å². The number of thiophene rings is 1. The summed E-state index contributed by atoms with van der Waals surface area (Å²) in [6, 6.07) is 4.34.